The monoisotopic (exact) mass is 355 g/mol. The zero-order valence-corrected chi connectivity index (χ0v) is 15.8. The molecule has 140 valence electrons. The number of aryl methyl sites for hydroxylation is 2. The van der Waals surface area contributed by atoms with E-state index in [2.05, 4.69) is 16.9 Å². The molecule has 1 amide bonds. The van der Waals surface area contributed by atoms with Crippen molar-refractivity contribution < 1.29 is 9.90 Å². The number of hydrogen-bond acceptors (Lipinski definition) is 3. The number of nitrogens with zero attached hydrogens (tertiary/aromatic N) is 3. The minimum Gasteiger partial charge on any atom is -0.508 e. The predicted molar refractivity (Wildman–Crippen MR) is 102 cm³/mol. The maximum Gasteiger partial charge on any atom is 0.257 e. The van der Waals surface area contributed by atoms with E-state index in [0.717, 1.165) is 56.5 Å². The van der Waals surface area contributed by atoms with Crippen LogP contribution in [0, 0.1) is 6.92 Å². The molecule has 0 aliphatic carbocycles. The molecule has 1 N–H and O–H groups in total. The number of aromatic nitrogens is 2. The Morgan fingerprint density at radius 3 is 2.77 bits per heavy atom. The molecule has 0 bridgehead atoms. The molecule has 1 aromatic carbocycles. The highest BCUT2D eigenvalue weighted by atomic mass is 16.3. The van der Waals surface area contributed by atoms with Crippen LogP contribution in [0.15, 0.2) is 30.5 Å². The molecule has 26 heavy (non-hydrogen) atoms. The number of benzene rings is 1. The van der Waals surface area contributed by atoms with Gasteiger partial charge < -0.3 is 10.0 Å². The van der Waals surface area contributed by atoms with E-state index in [9.17, 15) is 9.90 Å². The smallest absolute Gasteiger partial charge is 0.257 e. The van der Waals surface area contributed by atoms with Crippen LogP contribution < -0.4 is 0 Å². The standard InChI is InChI=1S/C21H29N3O2/c1-3-13-24-16(2)20(15-22-24)21(26)23-14-5-4-6-18(23)10-7-17-8-11-19(25)12-9-17/h8-9,11-12,15,18,25H,3-7,10,13-14H2,1-2H3/t18-/m0/s1. The largest absolute Gasteiger partial charge is 0.508 e. The first-order valence-electron chi connectivity index (χ1n) is 9.71. The van der Waals surface area contributed by atoms with Gasteiger partial charge in [-0.15, -0.1) is 0 Å². The molecule has 3 rings (SSSR count). The number of piperidine rings is 1. The van der Waals surface area contributed by atoms with Crippen molar-refractivity contribution in [3.63, 3.8) is 0 Å². The molecule has 2 aromatic rings. The first-order valence-corrected chi connectivity index (χ1v) is 9.71. The Morgan fingerprint density at radius 1 is 1.27 bits per heavy atom. The third-order valence-electron chi connectivity index (χ3n) is 5.36. The van der Waals surface area contributed by atoms with Gasteiger partial charge >= 0.3 is 0 Å². The van der Waals surface area contributed by atoms with E-state index in [1.807, 2.05) is 23.7 Å². The highest BCUT2D eigenvalue weighted by molar-refractivity contribution is 5.95. The van der Waals surface area contributed by atoms with Gasteiger partial charge in [-0.05, 0) is 63.1 Å². The van der Waals surface area contributed by atoms with Crippen LogP contribution in [-0.4, -0.2) is 38.3 Å². The second kappa shape index (κ2) is 8.39. The molecule has 1 aliphatic heterocycles. The minimum absolute atomic E-state index is 0.125. The summed E-state index contributed by atoms with van der Waals surface area (Å²) in [6.45, 7) is 5.79. The highest BCUT2D eigenvalue weighted by Crippen LogP contribution is 2.25. The number of aromatic hydroxyl groups is 1. The molecule has 2 heterocycles. The average Bonchev–Trinajstić information content (AvgIpc) is 3.02. The van der Waals surface area contributed by atoms with Gasteiger partial charge in [-0.25, -0.2) is 0 Å². The zero-order valence-electron chi connectivity index (χ0n) is 15.8. The molecule has 1 fully saturated rings. The molecule has 1 atom stereocenters. The molecular weight excluding hydrogens is 326 g/mol. The second-order valence-corrected chi connectivity index (χ2v) is 7.22. The fourth-order valence-electron chi connectivity index (χ4n) is 3.81. The van der Waals surface area contributed by atoms with Crippen molar-refractivity contribution in [2.24, 2.45) is 0 Å². The summed E-state index contributed by atoms with van der Waals surface area (Å²) in [4.78, 5) is 15.2. The molecule has 1 saturated heterocycles. The summed E-state index contributed by atoms with van der Waals surface area (Å²) in [5, 5.41) is 13.8. The van der Waals surface area contributed by atoms with Crippen LogP contribution in [0.4, 0.5) is 0 Å². The van der Waals surface area contributed by atoms with Gasteiger partial charge in [0.25, 0.3) is 5.91 Å². The Kier molecular flexibility index (Phi) is 5.96. The van der Waals surface area contributed by atoms with E-state index in [-0.39, 0.29) is 11.9 Å². The van der Waals surface area contributed by atoms with E-state index >= 15 is 0 Å². The average molecular weight is 355 g/mol. The third-order valence-corrected chi connectivity index (χ3v) is 5.36. The molecule has 0 unspecified atom stereocenters. The van der Waals surface area contributed by atoms with Crippen molar-refractivity contribution in [3.8, 4) is 5.75 Å². The minimum atomic E-state index is 0.125. The number of rotatable bonds is 6. The van der Waals surface area contributed by atoms with Gasteiger partial charge in [0.15, 0.2) is 0 Å². The molecule has 0 radical (unpaired) electrons. The zero-order chi connectivity index (χ0) is 18.5. The normalized spacial score (nSPS) is 17.5. The lowest BCUT2D eigenvalue weighted by atomic mass is 9.95. The Morgan fingerprint density at radius 2 is 2.04 bits per heavy atom. The van der Waals surface area contributed by atoms with Crippen molar-refractivity contribution in [2.75, 3.05) is 6.54 Å². The lowest BCUT2D eigenvalue weighted by Crippen LogP contribution is -2.44. The summed E-state index contributed by atoms with van der Waals surface area (Å²) in [5.74, 6) is 0.419. The van der Waals surface area contributed by atoms with E-state index in [1.54, 1.807) is 18.3 Å². The predicted octanol–water partition coefficient (Wildman–Crippen LogP) is 3.93. The Labute approximate surface area is 155 Å². The second-order valence-electron chi connectivity index (χ2n) is 7.22. The van der Waals surface area contributed by atoms with Crippen molar-refractivity contribution in [1.29, 1.82) is 0 Å². The topological polar surface area (TPSA) is 58.4 Å². The van der Waals surface area contributed by atoms with Gasteiger partial charge in [0.05, 0.1) is 11.8 Å². The summed E-state index contributed by atoms with van der Waals surface area (Å²) in [6, 6.07) is 7.65. The van der Waals surface area contributed by atoms with E-state index in [1.165, 1.54) is 12.0 Å². The fourth-order valence-corrected chi connectivity index (χ4v) is 3.81. The van der Waals surface area contributed by atoms with Crippen molar-refractivity contribution in [1.82, 2.24) is 14.7 Å². The summed E-state index contributed by atoms with van der Waals surface area (Å²) >= 11 is 0. The van der Waals surface area contributed by atoms with Gasteiger partial charge in [-0.2, -0.15) is 5.10 Å². The van der Waals surface area contributed by atoms with Gasteiger partial charge in [0.1, 0.15) is 5.75 Å². The summed E-state index contributed by atoms with van der Waals surface area (Å²) in [5.41, 5.74) is 2.92. The first kappa shape index (κ1) is 18.5. The maximum absolute atomic E-state index is 13.1. The quantitative estimate of drug-likeness (QED) is 0.854. The van der Waals surface area contributed by atoms with E-state index < -0.39 is 0 Å². The van der Waals surface area contributed by atoms with Crippen LogP contribution in [-0.2, 0) is 13.0 Å². The van der Waals surface area contributed by atoms with Crippen molar-refractivity contribution in [2.45, 2.75) is 65.0 Å². The number of amides is 1. The van der Waals surface area contributed by atoms with Gasteiger partial charge in [-0.3, -0.25) is 9.48 Å². The first-order chi connectivity index (χ1) is 12.6. The van der Waals surface area contributed by atoms with Crippen LogP contribution in [0.3, 0.4) is 0 Å². The van der Waals surface area contributed by atoms with Crippen LogP contribution >= 0.6 is 0 Å². The van der Waals surface area contributed by atoms with Crippen molar-refractivity contribution in [3.05, 3.63) is 47.3 Å². The Balaban J connectivity index is 1.69. The summed E-state index contributed by atoms with van der Waals surface area (Å²) in [6.07, 6.45) is 7.93. The summed E-state index contributed by atoms with van der Waals surface area (Å²) < 4.78 is 1.93. The number of carbonyl (C=O) groups excluding carboxylic acids is 1. The molecule has 0 saturated carbocycles. The summed E-state index contributed by atoms with van der Waals surface area (Å²) in [7, 11) is 0. The third kappa shape index (κ3) is 4.09. The number of carbonyl (C=O) groups is 1. The Bertz CT molecular complexity index is 736. The molecule has 1 aliphatic rings. The lowest BCUT2D eigenvalue weighted by molar-refractivity contribution is 0.0601. The molecular formula is C21H29N3O2. The highest BCUT2D eigenvalue weighted by Gasteiger charge is 2.29. The molecule has 1 aromatic heterocycles. The van der Waals surface area contributed by atoms with Gasteiger partial charge in [0.2, 0.25) is 0 Å². The maximum atomic E-state index is 13.1. The molecule has 0 spiro atoms. The van der Waals surface area contributed by atoms with E-state index in [0.29, 0.717) is 5.75 Å². The Hall–Kier alpha value is -2.30. The number of hydrogen-bond donors (Lipinski definition) is 1. The van der Waals surface area contributed by atoms with Crippen LogP contribution in [0.25, 0.3) is 0 Å². The van der Waals surface area contributed by atoms with E-state index in [4.69, 9.17) is 0 Å². The number of phenols is 1. The lowest BCUT2D eigenvalue weighted by Gasteiger charge is -2.36. The van der Waals surface area contributed by atoms with Crippen LogP contribution in [0.5, 0.6) is 5.75 Å². The van der Waals surface area contributed by atoms with Crippen LogP contribution in [0.2, 0.25) is 0 Å². The molecule has 5 heteroatoms. The number of phenolic OH excluding ortho intramolecular Hbond substituents is 1. The van der Waals surface area contributed by atoms with Crippen molar-refractivity contribution >= 4 is 5.91 Å². The number of likely N-dealkylation sites (tertiary alicyclic amines) is 1. The van der Waals surface area contributed by atoms with Gasteiger partial charge in [0, 0.05) is 24.8 Å². The van der Waals surface area contributed by atoms with Gasteiger partial charge in [-0.1, -0.05) is 19.1 Å². The molecule has 5 nitrogen and oxygen atoms in total. The SMILES string of the molecule is CCCn1ncc(C(=O)N2CCCC[C@H]2CCc2ccc(O)cc2)c1C. The van der Waals surface area contributed by atoms with Crippen LogP contribution in [0.1, 0.15) is 60.6 Å². The fraction of sp³-hybridized carbons (Fsp3) is 0.524.